The molecule has 0 aromatic heterocycles. The summed E-state index contributed by atoms with van der Waals surface area (Å²) in [6, 6.07) is 6.96. The third-order valence-electron chi connectivity index (χ3n) is 1.52. The lowest BCUT2D eigenvalue weighted by molar-refractivity contribution is 0.0994. The molecular weight excluding hydrogens is 202 g/mol. The Morgan fingerprint density at radius 3 is 2.43 bits per heavy atom. The predicted octanol–water partition coefficient (Wildman–Crippen LogP) is 1.99. The van der Waals surface area contributed by atoms with Crippen molar-refractivity contribution in [2.24, 2.45) is 5.73 Å². The quantitative estimate of drug-likeness (QED) is 0.839. The number of halogens is 1. The van der Waals surface area contributed by atoms with Gasteiger partial charge in [0.05, 0.1) is 11.7 Å². The van der Waals surface area contributed by atoms with E-state index in [-0.39, 0.29) is 18.5 Å². The van der Waals surface area contributed by atoms with Crippen molar-refractivity contribution in [1.82, 2.24) is 0 Å². The highest BCUT2D eigenvalue weighted by molar-refractivity contribution is 5.95. The average molecular weight is 216 g/mol. The standard InChI is InChI=1S/C10H13NO2.ClH/c1-7(2)13-9-6-4-3-5-8(9)10(11)12;/h3-7H,1-2H3,(H2,11,12);1H. The van der Waals surface area contributed by atoms with Gasteiger partial charge in [0.25, 0.3) is 5.91 Å². The average Bonchev–Trinajstić information content (AvgIpc) is 2.03. The second kappa shape index (κ2) is 5.50. The first-order chi connectivity index (χ1) is 6.11. The van der Waals surface area contributed by atoms with E-state index >= 15 is 0 Å². The summed E-state index contributed by atoms with van der Waals surface area (Å²) in [7, 11) is 0. The lowest BCUT2D eigenvalue weighted by atomic mass is 10.2. The summed E-state index contributed by atoms with van der Waals surface area (Å²) in [5.41, 5.74) is 5.60. The number of para-hydroxylation sites is 1. The molecule has 78 valence electrons. The van der Waals surface area contributed by atoms with Crippen molar-refractivity contribution in [1.29, 1.82) is 0 Å². The molecule has 1 aromatic carbocycles. The van der Waals surface area contributed by atoms with Crippen LogP contribution in [0.1, 0.15) is 24.2 Å². The van der Waals surface area contributed by atoms with Gasteiger partial charge in [-0.25, -0.2) is 0 Å². The fourth-order valence-corrected chi connectivity index (χ4v) is 1.03. The molecule has 0 heterocycles. The van der Waals surface area contributed by atoms with Gasteiger partial charge >= 0.3 is 0 Å². The van der Waals surface area contributed by atoms with E-state index in [9.17, 15) is 4.79 Å². The first-order valence-corrected chi connectivity index (χ1v) is 4.16. The molecule has 0 spiro atoms. The largest absolute Gasteiger partial charge is 0.490 e. The number of hydrogen-bond donors (Lipinski definition) is 1. The Morgan fingerprint density at radius 2 is 1.93 bits per heavy atom. The van der Waals surface area contributed by atoms with E-state index in [1.165, 1.54) is 0 Å². The summed E-state index contributed by atoms with van der Waals surface area (Å²) in [5.74, 6) is 0.0845. The monoisotopic (exact) mass is 215 g/mol. The van der Waals surface area contributed by atoms with Gasteiger partial charge in [-0.05, 0) is 26.0 Å². The van der Waals surface area contributed by atoms with Crippen molar-refractivity contribution in [3.63, 3.8) is 0 Å². The lowest BCUT2D eigenvalue weighted by Gasteiger charge is -2.11. The predicted molar refractivity (Wildman–Crippen MR) is 58.0 cm³/mol. The molecule has 0 aliphatic carbocycles. The fourth-order valence-electron chi connectivity index (χ4n) is 1.03. The first-order valence-electron chi connectivity index (χ1n) is 4.16. The summed E-state index contributed by atoms with van der Waals surface area (Å²) < 4.78 is 5.41. The van der Waals surface area contributed by atoms with Gasteiger partial charge in [0.15, 0.2) is 0 Å². The van der Waals surface area contributed by atoms with Gasteiger partial charge in [-0.1, -0.05) is 12.1 Å². The van der Waals surface area contributed by atoms with Crippen LogP contribution in [0.2, 0.25) is 0 Å². The van der Waals surface area contributed by atoms with E-state index < -0.39 is 5.91 Å². The van der Waals surface area contributed by atoms with Crippen LogP contribution in [0.25, 0.3) is 0 Å². The van der Waals surface area contributed by atoms with Crippen molar-refractivity contribution in [3.05, 3.63) is 29.8 Å². The van der Waals surface area contributed by atoms with Crippen molar-refractivity contribution in [3.8, 4) is 5.75 Å². The van der Waals surface area contributed by atoms with E-state index in [2.05, 4.69) is 0 Å². The van der Waals surface area contributed by atoms with E-state index in [0.717, 1.165) is 0 Å². The molecule has 4 heteroatoms. The molecule has 0 fully saturated rings. The second-order valence-electron chi connectivity index (χ2n) is 3.03. The number of benzene rings is 1. The summed E-state index contributed by atoms with van der Waals surface area (Å²) in [6.45, 7) is 3.80. The van der Waals surface area contributed by atoms with Crippen molar-refractivity contribution < 1.29 is 9.53 Å². The number of carbonyl (C=O) groups excluding carboxylic acids is 1. The SMILES string of the molecule is CC(C)Oc1ccccc1C(N)=O.Cl. The van der Waals surface area contributed by atoms with E-state index in [0.29, 0.717) is 11.3 Å². The molecule has 0 saturated carbocycles. The fraction of sp³-hybridized carbons (Fsp3) is 0.300. The maximum absolute atomic E-state index is 10.9. The second-order valence-corrected chi connectivity index (χ2v) is 3.03. The molecule has 14 heavy (non-hydrogen) atoms. The van der Waals surface area contributed by atoms with Gasteiger partial charge in [-0.2, -0.15) is 0 Å². The molecule has 0 unspecified atom stereocenters. The molecule has 3 nitrogen and oxygen atoms in total. The molecule has 0 bridgehead atoms. The van der Waals surface area contributed by atoms with Gasteiger partial charge < -0.3 is 10.5 Å². The normalized spacial score (nSPS) is 9.36. The Labute approximate surface area is 89.7 Å². The van der Waals surface area contributed by atoms with E-state index in [1.807, 2.05) is 19.9 Å². The van der Waals surface area contributed by atoms with Crippen molar-refractivity contribution >= 4 is 18.3 Å². The smallest absolute Gasteiger partial charge is 0.252 e. The lowest BCUT2D eigenvalue weighted by Crippen LogP contribution is -2.15. The van der Waals surface area contributed by atoms with E-state index in [4.69, 9.17) is 10.5 Å². The number of rotatable bonds is 3. The molecule has 1 aromatic rings. The minimum absolute atomic E-state index is 0. The Bertz CT molecular complexity index is 313. The molecule has 0 aliphatic rings. The van der Waals surface area contributed by atoms with Crippen LogP contribution in [0.3, 0.4) is 0 Å². The third kappa shape index (κ3) is 3.26. The van der Waals surface area contributed by atoms with Gasteiger partial charge in [-0.3, -0.25) is 4.79 Å². The number of primary amides is 1. The number of hydrogen-bond acceptors (Lipinski definition) is 2. The zero-order valence-electron chi connectivity index (χ0n) is 8.19. The van der Waals surface area contributed by atoms with Crippen LogP contribution in [0.15, 0.2) is 24.3 Å². The summed E-state index contributed by atoms with van der Waals surface area (Å²) >= 11 is 0. The molecular formula is C10H14ClNO2. The Kier molecular flexibility index (Phi) is 5.02. The number of carbonyl (C=O) groups is 1. The minimum atomic E-state index is -0.462. The van der Waals surface area contributed by atoms with Crippen molar-refractivity contribution in [2.45, 2.75) is 20.0 Å². The third-order valence-corrected chi connectivity index (χ3v) is 1.52. The van der Waals surface area contributed by atoms with Crippen LogP contribution in [-0.2, 0) is 0 Å². The Hall–Kier alpha value is -1.22. The molecule has 1 rings (SSSR count). The summed E-state index contributed by atoms with van der Waals surface area (Å²) in [6.07, 6.45) is 0.0421. The van der Waals surface area contributed by atoms with Crippen LogP contribution in [-0.4, -0.2) is 12.0 Å². The number of ether oxygens (including phenoxy) is 1. The molecule has 0 saturated heterocycles. The van der Waals surface area contributed by atoms with Crippen LogP contribution >= 0.6 is 12.4 Å². The van der Waals surface area contributed by atoms with Crippen LogP contribution in [0.5, 0.6) is 5.75 Å². The zero-order chi connectivity index (χ0) is 9.84. The summed E-state index contributed by atoms with van der Waals surface area (Å²) in [5, 5.41) is 0. The Morgan fingerprint density at radius 1 is 1.36 bits per heavy atom. The van der Waals surface area contributed by atoms with Crippen LogP contribution in [0, 0.1) is 0 Å². The molecule has 2 N–H and O–H groups in total. The highest BCUT2D eigenvalue weighted by Crippen LogP contribution is 2.18. The van der Waals surface area contributed by atoms with Crippen molar-refractivity contribution in [2.75, 3.05) is 0 Å². The molecule has 0 radical (unpaired) electrons. The first kappa shape index (κ1) is 12.8. The van der Waals surface area contributed by atoms with Gasteiger partial charge in [-0.15, -0.1) is 12.4 Å². The van der Waals surface area contributed by atoms with Gasteiger partial charge in [0, 0.05) is 0 Å². The van der Waals surface area contributed by atoms with Gasteiger partial charge in [0.2, 0.25) is 0 Å². The maximum atomic E-state index is 10.9. The van der Waals surface area contributed by atoms with Crippen LogP contribution < -0.4 is 10.5 Å². The van der Waals surface area contributed by atoms with E-state index in [1.54, 1.807) is 18.2 Å². The molecule has 0 aliphatic heterocycles. The Balaban J connectivity index is 0.00000169. The van der Waals surface area contributed by atoms with Gasteiger partial charge in [0.1, 0.15) is 5.75 Å². The minimum Gasteiger partial charge on any atom is -0.490 e. The molecule has 1 amide bonds. The highest BCUT2D eigenvalue weighted by Gasteiger charge is 2.08. The topological polar surface area (TPSA) is 52.3 Å². The number of nitrogens with two attached hydrogens (primary N) is 1. The van der Waals surface area contributed by atoms with Crippen LogP contribution in [0.4, 0.5) is 0 Å². The highest BCUT2D eigenvalue weighted by atomic mass is 35.5. The molecule has 0 atom stereocenters. The maximum Gasteiger partial charge on any atom is 0.252 e. The number of amides is 1. The zero-order valence-corrected chi connectivity index (χ0v) is 9.01. The summed E-state index contributed by atoms with van der Waals surface area (Å²) in [4.78, 5) is 10.9.